The normalized spacial score (nSPS) is 13.6. The van der Waals surface area contributed by atoms with Gasteiger partial charge in [0.05, 0.1) is 16.1 Å². The molecule has 2 N–H and O–H groups in total. The van der Waals surface area contributed by atoms with Crippen LogP contribution in [0.2, 0.25) is 0 Å². The molecular formula is C12H11F3N2S. The summed E-state index contributed by atoms with van der Waals surface area (Å²) in [4.78, 5) is 5.06. The van der Waals surface area contributed by atoms with Crippen molar-refractivity contribution in [3.8, 4) is 10.4 Å². The summed E-state index contributed by atoms with van der Waals surface area (Å²) in [5, 5.41) is 0. The average molecular weight is 272 g/mol. The third kappa shape index (κ3) is 2.54. The van der Waals surface area contributed by atoms with Gasteiger partial charge in [-0.25, -0.2) is 4.98 Å². The second-order valence-corrected chi connectivity index (χ2v) is 4.76. The van der Waals surface area contributed by atoms with Crippen LogP contribution in [0.4, 0.5) is 13.2 Å². The van der Waals surface area contributed by atoms with E-state index < -0.39 is 12.2 Å². The van der Waals surface area contributed by atoms with Crippen LogP contribution >= 0.6 is 11.3 Å². The molecule has 0 unspecified atom stereocenters. The maximum absolute atomic E-state index is 12.4. The van der Waals surface area contributed by atoms with Crippen molar-refractivity contribution in [2.24, 2.45) is 5.73 Å². The molecule has 1 heterocycles. The van der Waals surface area contributed by atoms with Crippen LogP contribution < -0.4 is 5.73 Å². The van der Waals surface area contributed by atoms with Gasteiger partial charge in [0.25, 0.3) is 0 Å². The summed E-state index contributed by atoms with van der Waals surface area (Å²) < 4.78 is 37.3. The highest BCUT2D eigenvalue weighted by atomic mass is 32.1. The number of nitrogens with zero attached hydrogens (tertiary/aromatic N) is 1. The Balaban J connectivity index is 2.29. The number of thiazole rings is 1. The molecule has 0 saturated carbocycles. The van der Waals surface area contributed by atoms with Gasteiger partial charge in [0.1, 0.15) is 6.04 Å². The number of aryl methyl sites for hydroxylation is 1. The van der Waals surface area contributed by atoms with Crippen LogP contribution in [-0.2, 0) is 0 Å². The molecule has 6 heteroatoms. The SMILES string of the molecule is Cc1ncsc1-c1ccc([C@@H](N)C(F)(F)F)cc1. The standard InChI is InChI=1S/C12H11F3N2S/c1-7-10(18-6-17-7)8-2-4-9(5-3-8)11(16)12(13,14)15/h2-6,11H,16H2,1H3/t11-/m1/s1. The minimum atomic E-state index is -4.41. The summed E-state index contributed by atoms with van der Waals surface area (Å²) in [5.74, 6) is 0. The first kappa shape index (κ1) is 13.0. The lowest BCUT2D eigenvalue weighted by atomic mass is 10.0. The molecule has 1 aromatic heterocycles. The summed E-state index contributed by atoms with van der Waals surface area (Å²) in [6.07, 6.45) is -4.41. The second kappa shape index (κ2) is 4.70. The van der Waals surface area contributed by atoms with Crippen LogP contribution in [0.25, 0.3) is 10.4 Å². The van der Waals surface area contributed by atoms with Crippen molar-refractivity contribution in [3.05, 3.63) is 41.0 Å². The van der Waals surface area contributed by atoms with Gasteiger partial charge in [-0.2, -0.15) is 13.2 Å². The molecule has 0 saturated heterocycles. The number of nitrogens with two attached hydrogens (primary N) is 1. The molecule has 0 radical (unpaired) electrons. The highest BCUT2D eigenvalue weighted by molar-refractivity contribution is 7.13. The summed E-state index contributed by atoms with van der Waals surface area (Å²) >= 11 is 1.46. The van der Waals surface area contributed by atoms with Gasteiger partial charge in [0, 0.05) is 0 Å². The van der Waals surface area contributed by atoms with Gasteiger partial charge in [-0.05, 0) is 18.1 Å². The molecule has 0 amide bonds. The first-order chi connectivity index (χ1) is 8.39. The Bertz CT molecular complexity index is 531. The van der Waals surface area contributed by atoms with E-state index in [0.29, 0.717) is 0 Å². The van der Waals surface area contributed by atoms with E-state index in [4.69, 9.17) is 5.73 Å². The molecule has 18 heavy (non-hydrogen) atoms. The Hall–Kier alpha value is -1.40. The van der Waals surface area contributed by atoms with Gasteiger partial charge < -0.3 is 5.73 Å². The number of rotatable bonds is 2. The van der Waals surface area contributed by atoms with E-state index in [-0.39, 0.29) is 5.56 Å². The summed E-state index contributed by atoms with van der Waals surface area (Å²) in [5.41, 5.74) is 8.63. The molecule has 0 aliphatic heterocycles. The largest absolute Gasteiger partial charge is 0.407 e. The summed E-state index contributed by atoms with van der Waals surface area (Å²) in [7, 11) is 0. The van der Waals surface area contributed by atoms with Crippen LogP contribution in [0.3, 0.4) is 0 Å². The molecule has 2 rings (SSSR count). The lowest BCUT2D eigenvalue weighted by Crippen LogP contribution is -2.28. The van der Waals surface area contributed by atoms with Crippen LogP contribution in [0.1, 0.15) is 17.3 Å². The zero-order valence-corrected chi connectivity index (χ0v) is 10.3. The van der Waals surface area contributed by atoms with Crippen molar-refractivity contribution in [1.82, 2.24) is 4.98 Å². The molecule has 0 aliphatic carbocycles. The fraction of sp³-hybridized carbons (Fsp3) is 0.250. The zero-order valence-electron chi connectivity index (χ0n) is 9.53. The molecule has 0 spiro atoms. The van der Waals surface area contributed by atoms with Crippen molar-refractivity contribution in [2.45, 2.75) is 19.1 Å². The third-order valence-electron chi connectivity index (χ3n) is 2.63. The minimum absolute atomic E-state index is 0.0634. The second-order valence-electron chi connectivity index (χ2n) is 3.91. The Kier molecular flexibility index (Phi) is 3.41. The van der Waals surface area contributed by atoms with Crippen LogP contribution in [-0.4, -0.2) is 11.2 Å². The van der Waals surface area contributed by atoms with E-state index in [1.165, 1.54) is 23.5 Å². The topological polar surface area (TPSA) is 38.9 Å². The highest BCUT2D eigenvalue weighted by Crippen LogP contribution is 2.32. The van der Waals surface area contributed by atoms with Gasteiger partial charge in [-0.3, -0.25) is 0 Å². The third-order valence-corrected chi connectivity index (χ3v) is 3.61. The molecule has 2 aromatic rings. The van der Waals surface area contributed by atoms with Crippen molar-refractivity contribution in [3.63, 3.8) is 0 Å². The number of hydrogen-bond acceptors (Lipinski definition) is 3. The van der Waals surface area contributed by atoms with Crippen LogP contribution in [0, 0.1) is 6.92 Å². The Morgan fingerprint density at radius 2 is 1.83 bits per heavy atom. The molecule has 0 bridgehead atoms. The quantitative estimate of drug-likeness (QED) is 0.905. The van der Waals surface area contributed by atoms with E-state index >= 15 is 0 Å². The fourth-order valence-electron chi connectivity index (χ4n) is 1.61. The summed E-state index contributed by atoms with van der Waals surface area (Å²) in [6.45, 7) is 1.86. The smallest absolute Gasteiger partial charge is 0.316 e. The van der Waals surface area contributed by atoms with Gasteiger partial charge in [-0.15, -0.1) is 11.3 Å². The average Bonchev–Trinajstić information content (AvgIpc) is 2.73. The molecule has 2 nitrogen and oxygen atoms in total. The van der Waals surface area contributed by atoms with E-state index in [9.17, 15) is 13.2 Å². The van der Waals surface area contributed by atoms with Crippen molar-refractivity contribution in [1.29, 1.82) is 0 Å². The Labute approximate surface area is 106 Å². The van der Waals surface area contributed by atoms with Crippen molar-refractivity contribution < 1.29 is 13.2 Å². The maximum Gasteiger partial charge on any atom is 0.407 e. The molecule has 0 aliphatic rings. The predicted molar refractivity (Wildman–Crippen MR) is 65.3 cm³/mol. The van der Waals surface area contributed by atoms with Gasteiger partial charge in [0.15, 0.2) is 0 Å². The van der Waals surface area contributed by atoms with Gasteiger partial charge in [-0.1, -0.05) is 24.3 Å². The van der Waals surface area contributed by atoms with Gasteiger partial charge >= 0.3 is 6.18 Å². The number of halogens is 3. The fourth-order valence-corrected chi connectivity index (χ4v) is 2.42. The van der Waals surface area contributed by atoms with E-state index in [1.807, 2.05) is 6.92 Å². The first-order valence-electron chi connectivity index (χ1n) is 5.22. The first-order valence-corrected chi connectivity index (χ1v) is 6.10. The minimum Gasteiger partial charge on any atom is -0.316 e. The Morgan fingerprint density at radius 3 is 2.28 bits per heavy atom. The van der Waals surface area contributed by atoms with E-state index in [2.05, 4.69) is 4.98 Å². The highest BCUT2D eigenvalue weighted by Gasteiger charge is 2.37. The van der Waals surface area contributed by atoms with E-state index in [0.717, 1.165) is 16.1 Å². The lowest BCUT2D eigenvalue weighted by molar-refractivity contribution is -0.149. The molecule has 1 atom stereocenters. The summed E-state index contributed by atoms with van der Waals surface area (Å²) in [6, 6.07) is 4.16. The number of benzene rings is 1. The predicted octanol–water partition coefficient (Wildman–Crippen LogP) is 3.68. The molecule has 96 valence electrons. The van der Waals surface area contributed by atoms with Crippen molar-refractivity contribution >= 4 is 11.3 Å². The monoisotopic (exact) mass is 272 g/mol. The van der Waals surface area contributed by atoms with Gasteiger partial charge in [0.2, 0.25) is 0 Å². The van der Waals surface area contributed by atoms with Crippen LogP contribution in [0.5, 0.6) is 0 Å². The number of hydrogen-bond donors (Lipinski definition) is 1. The van der Waals surface area contributed by atoms with Crippen molar-refractivity contribution in [2.75, 3.05) is 0 Å². The molecule has 1 aromatic carbocycles. The number of aromatic nitrogens is 1. The van der Waals surface area contributed by atoms with E-state index in [1.54, 1.807) is 17.6 Å². The maximum atomic E-state index is 12.4. The Morgan fingerprint density at radius 1 is 1.22 bits per heavy atom. The molecular weight excluding hydrogens is 261 g/mol. The molecule has 0 fully saturated rings. The zero-order chi connectivity index (χ0) is 13.3. The van der Waals surface area contributed by atoms with Crippen LogP contribution in [0.15, 0.2) is 29.8 Å². The number of alkyl halides is 3. The lowest BCUT2D eigenvalue weighted by Gasteiger charge is -2.16.